The van der Waals surface area contributed by atoms with E-state index in [1.165, 1.54) is 22.3 Å². The zero-order valence-corrected chi connectivity index (χ0v) is 21.1. The molecule has 4 nitrogen and oxygen atoms in total. The average molecular weight is 495 g/mol. The Bertz CT molecular complexity index is 1230. The molecule has 4 aromatic carbocycles. The lowest BCUT2D eigenvalue weighted by Crippen LogP contribution is -2.30. The Balaban J connectivity index is 1.75. The van der Waals surface area contributed by atoms with Crippen molar-refractivity contribution in [3.05, 3.63) is 119 Å². The summed E-state index contributed by atoms with van der Waals surface area (Å²) in [4.78, 5) is 0. The van der Waals surface area contributed by atoms with Gasteiger partial charge in [-0.05, 0) is 60.1 Å². The monoisotopic (exact) mass is 494 g/mol. The third-order valence-corrected chi connectivity index (χ3v) is 7.15. The van der Waals surface area contributed by atoms with E-state index in [0.29, 0.717) is 26.1 Å². The van der Waals surface area contributed by atoms with E-state index in [9.17, 15) is 10.2 Å². The van der Waals surface area contributed by atoms with Gasteiger partial charge in [0.25, 0.3) is 0 Å². The summed E-state index contributed by atoms with van der Waals surface area (Å²) < 4.78 is 12.8. The summed E-state index contributed by atoms with van der Waals surface area (Å²) in [7, 11) is 0. The first-order valence-corrected chi connectivity index (χ1v) is 13.2. The maximum Gasteiger partial charge on any atom is 0.124 e. The van der Waals surface area contributed by atoms with E-state index in [1.807, 2.05) is 24.3 Å². The van der Waals surface area contributed by atoms with Gasteiger partial charge in [-0.1, -0.05) is 84.9 Å². The molecule has 0 bridgehead atoms. The first-order chi connectivity index (χ1) is 18.3. The first kappa shape index (κ1) is 25.1. The van der Waals surface area contributed by atoms with Crippen LogP contribution >= 0.6 is 0 Å². The van der Waals surface area contributed by atoms with Crippen LogP contribution in [0.2, 0.25) is 0 Å². The molecule has 0 spiro atoms. The van der Waals surface area contributed by atoms with E-state index >= 15 is 0 Å². The van der Waals surface area contributed by atoms with Crippen LogP contribution in [0.1, 0.15) is 47.9 Å². The van der Waals surface area contributed by atoms with Crippen LogP contribution in [-0.2, 0) is 5.41 Å². The Morgan fingerprint density at radius 2 is 0.838 bits per heavy atom. The summed E-state index contributed by atoms with van der Waals surface area (Å²) in [5.74, 6) is 1.67. The standard InChI is InChI=1S/C33H34O4/c34-21-9-11-23-36-31-19-7-5-17-29(31)33(30-18-6-8-20-32(30)37-24-12-10-22-35)27-15-3-1-13-25(27)26-14-2-4-16-28(26)33/h1-8,13-20,34-35H,9-12,21-24H2. The van der Waals surface area contributed by atoms with Crippen molar-refractivity contribution in [2.75, 3.05) is 26.4 Å². The zero-order chi connectivity index (χ0) is 25.5. The molecular formula is C33H34O4. The van der Waals surface area contributed by atoms with Gasteiger partial charge in [-0.25, -0.2) is 0 Å². The second-order valence-electron chi connectivity index (χ2n) is 9.39. The third kappa shape index (κ3) is 4.63. The van der Waals surface area contributed by atoms with E-state index in [1.54, 1.807) is 0 Å². The fourth-order valence-corrected chi connectivity index (χ4v) is 5.56. The molecule has 0 aromatic heterocycles. The van der Waals surface area contributed by atoms with E-state index in [4.69, 9.17) is 9.47 Å². The molecular weight excluding hydrogens is 460 g/mol. The van der Waals surface area contributed by atoms with Crippen LogP contribution in [0.5, 0.6) is 11.5 Å². The van der Waals surface area contributed by atoms with Crippen molar-refractivity contribution in [1.82, 2.24) is 0 Å². The first-order valence-electron chi connectivity index (χ1n) is 13.2. The highest BCUT2D eigenvalue weighted by atomic mass is 16.5. The Morgan fingerprint density at radius 3 is 1.27 bits per heavy atom. The van der Waals surface area contributed by atoms with E-state index in [0.717, 1.165) is 35.5 Å². The summed E-state index contributed by atoms with van der Waals surface area (Å²) in [5, 5.41) is 18.5. The maximum atomic E-state index is 9.25. The zero-order valence-electron chi connectivity index (χ0n) is 21.1. The fourth-order valence-electron chi connectivity index (χ4n) is 5.56. The van der Waals surface area contributed by atoms with Gasteiger partial charge in [0.1, 0.15) is 11.5 Å². The van der Waals surface area contributed by atoms with Gasteiger partial charge in [-0.15, -0.1) is 0 Å². The number of ether oxygens (including phenoxy) is 2. The molecule has 0 amide bonds. The van der Waals surface area contributed by atoms with Gasteiger partial charge in [-0.3, -0.25) is 0 Å². The molecule has 0 fully saturated rings. The molecule has 0 unspecified atom stereocenters. The Kier molecular flexibility index (Phi) is 7.88. The minimum absolute atomic E-state index is 0.163. The summed E-state index contributed by atoms with van der Waals surface area (Å²) in [5.41, 5.74) is 6.34. The van der Waals surface area contributed by atoms with Crippen molar-refractivity contribution in [3.63, 3.8) is 0 Å². The Morgan fingerprint density at radius 1 is 0.459 bits per heavy atom. The van der Waals surface area contributed by atoms with Crippen LogP contribution in [-0.4, -0.2) is 36.6 Å². The van der Waals surface area contributed by atoms with E-state index in [-0.39, 0.29) is 13.2 Å². The molecule has 4 heteroatoms. The highest BCUT2D eigenvalue weighted by Crippen LogP contribution is 2.59. The predicted octanol–water partition coefficient (Wildman–Crippen LogP) is 6.35. The predicted molar refractivity (Wildman–Crippen MR) is 147 cm³/mol. The molecule has 4 aromatic rings. The van der Waals surface area contributed by atoms with Crippen molar-refractivity contribution in [3.8, 4) is 22.6 Å². The van der Waals surface area contributed by atoms with Crippen LogP contribution in [0.25, 0.3) is 11.1 Å². The SMILES string of the molecule is OCCCCOc1ccccc1C1(c2ccccc2OCCCCO)c2ccccc2-c2ccccc21. The van der Waals surface area contributed by atoms with Crippen LogP contribution < -0.4 is 9.47 Å². The van der Waals surface area contributed by atoms with Crippen molar-refractivity contribution in [2.45, 2.75) is 31.1 Å². The number of aliphatic hydroxyl groups excluding tert-OH is 2. The second-order valence-corrected chi connectivity index (χ2v) is 9.39. The van der Waals surface area contributed by atoms with Gasteiger partial charge in [0, 0.05) is 24.3 Å². The quantitative estimate of drug-likeness (QED) is 0.198. The molecule has 0 saturated heterocycles. The summed E-state index contributed by atoms with van der Waals surface area (Å²) in [6.07, 6.45) is 3.00. The van der Waals surface area contributed by atoms with Gasteiger partial charge in [-0.2, -0.15) is 0 Å². The largest absolute Gasteiger partial charge is 0.493 e. The fraction of sp³-hybridized carbons (Fsp3) is 0.273. The number of para-hydroxylation sites is 2. The lowest BCUT2D eigenvalue weighted by Gasteiger charge is -2.36. The van der Waals surface area contributed by atoms with Crippen LogP contribution in [0.4, 0.5) is 0 Å². The van der Waals surface area contributed by atoms with Crippen molar-refractivity contribution in [1.29, 1.82) is 0 Å². The van der Waals surface area contributed by atoms with Crippen LogP contribution in [0.3, 0.4) is 0 Å². The van der Waals surface area contributed by atoms with E-state index in [2.05, 4.69) is 72.8 Å². The molecule has 1 aliphatic carbocycles. The summed E-state index contributed by atoms with van der Waals surface area (Å²) in [6, 6.07) is 33.9. The van der Waals surface area contributed by atoms with Gasteiger partial charge in [0.2, 0.25) is 0 Å². The Hall–Kier alpha value is -3.60. The number of rotatable bonds is 12. The molecule has 5 rings (SSSR count). The number of unbranched alkanes of at least 4 members (excludes halogenated alkanes) is 2. The van der Waals surface area contributed by atoms with Gasteiger partial charge < -0.3 is 19.7 Å². The van der Waals surface area contributed by atoms with Crippen LogP contribution in [0, 0.1) is 0 Å². The molecule has 2 N–H and O–H groups in total. The van der Waals surface area contributed by atoms with Gasteiger partial charge >= 0.3 is 0 Å². The molecule has 0 aliphatic heterocycles. The van der Waals surface area contributed by atoms with Gasteiger partial charge in [0.05, 0.1) is 18.6 Å². The lowest BCUT2D eigenvalue weighted by molar-refractivity contribution is 0.249. The molecule has 0 saturated carbocycles. The average Bonchev–Trinajstić information content (AvgIpc) is 3.25. The molecule has 0 radical (unpaired) electrons. The van der Waals surface area contributed by atoms with Crippen molar-refractivity contribution >= 4 is 0 Å². The minimum atomic E-state index is -0.631. The number of hydrogen-bond acceptors (Lipinski definition) is 4. The lowest BCUT2D eigenvalue weighted by atomic mass is 9.67. The molecule has 1 aliphatic rings. The molecule has 0 atom stereocenters. The molecule has 190 valence electrons. The second kappa shape index (κ2) is 11.6. The van der Waals surface area contributed by atoms with Crippen LogP contribution in [0.15, 0.2) is 97.1 Å². The van der Waals surface area contributed by atoms with Gasteiger partial charge in [0.15, 0.2) is 0 Å². The Labute approximate surface area is 219 Å². The van der Waals surface area contributed by atoms with Crippen molar-refractivity contribution in [2.24, 2.45) is 0 Å². The smallest absolute Gasteiger partial charge is 0.124 e. The topological polar surface area (TPSA) is 58.9 Å². The maximum absolute atomic E-state index is 9.25. The summed E-state index contributed by atoms with van der Waals surface area (Å²) >= 11 is 0. The molecule has 37 heavy (non-hydrogen) atoms. The summed E-state index contributed by atoms with van der Waals surface area (Å²) in [6.45, 7) is 1.40. The molecule has 0 heterocycles. The highest BCUT2D eigenvalue weighted by molar-refractivity contribution is 5.87. The number of fused-ring (bicyclic) bond motifs is 3. The third-order valence-electron chi connectivity index (χ3n) is 7.15. The number of hydrogen-bond donors (Lipinski definition) is 2. The number of benzene rings is 4. The number of aliphatic hydroxyl groups is 2. The normalized spacial score (nSPS) is 13.1. The highest BCUT2D eigenvalue weighted by Gasteiger charge is 2.48. The van der Waals surface area contributed by atoms with E-state index < -0.39 is 5.41 Å². The van der Waals surface area contributed by atoms with Crippen molar-refractivity contribution < 1.29 is 19.7 Å². The minimum Gasteiger partial charge on any atom is -0.493 e.